The van der Waals surface area contributed by atoms with Crippen LogP contribution in [-0.4, -0.2) is 9.97 Å². The lowest BCUT2D eigenvalue weighted by atomic mass is 10.1. The first kappa shape index (κ1) is 13.5. The summed E-state index contributed by atoms with van der Waals surface area (Å²) in [5.74, 6) is 0. The van der Waals surface area contributed by atoms with Crippen molar-refractivity contribution in [2.24, 2.45) is 0 Å². The molecule has 0 amide bonds. The maximum atomic E-state index is 9.11. The Morgan fingerprint density at radius 1 is 1.32 bits per heavy atom. The number of aryl methyl sites for hydroxylation is 1. The minimum atomic E-state index is -0.0184. The van der Waals surface area contributed by atoms with E-state index in [2.05, 4.69) is 37.3 Å². The van der Waals surface area contributed by atoms with Gasteiger partial charge in [0.25, 0.3) is 0 Å². The van der Waals surface area contributed by atoms with Crippen molar-refractivity contribution in [3.05, 3.63) is 52.0 Å². The summed E-state index contributed by atoms with van der Waals surface area (Å²) < 4.78 is 0.928. The third-order valence-electron chi connectivity index (χ3n) is 2.80. The standard InChI is InChI=1S/C14H13BrN4/c1-9-14(18-6-5-17-9)10(2)19-13-7-12(15)4-3-11(13)8-16/h3-7,10,19H,1-2H3. The average molecular weight is 317 g/mol. The van der Waals surface area contributed by atoms with Crippen molar-refractivity contribution < 1.29 is 0 Å². The molecule has 2 aromatic rings. The molecule has 0 fully saturated rings. The van der Waals surface area contributed by atoms with Crippen LogP contribution in [0.3, 0.4) is 0 Å². The Bertz CT molecular complexity index is 634. The van der Waals surface area contributed by atoms with E-state index >= 15 is 0 Å². The van der Waals surface area contributed by atoms with E-state index in [0.717, 1.165) is 21.5 Å². The molecule has 0 aliphatic rings. The smallest absolute Gasteiger partial charge is 0.101 e. The molecular formula is C14H13BrN4. The highest BCUT2D eigenvalue weighted by molar-refractivity contribution is 9.10. The molecule has 0 saturated heterocycles. The topological polar surface area (TPSA) is 61.6 Å². The number of nitrogens with zero attached hydrogens (tertiary/aromatic N) is 3. The molecule has 5 heteroatoms. The number of hydrogen-bond acceptors (Lipinski definition) is 4. The number of benzene rings is 1. The molecule has 1 heterocycles. The second-order valence-electron chi connectivity index (χ2n) is 4.19. The molecule has 0 bridgehead atoms. The molecule has 1 unspecified atom stereocenters. The normalized spacial score (nSPS) is 11.7. The molecule has 4 nitrogen and oxygen atoms in total. The van der Waals surface area contributed by atoms with Crippen LogP contribution in [-0.2, 0) is 0 Å². The molecule has 0 aliphatic carbocycles. The van der Waals surface area contributed by atoms with Crippen LogP contribution in [0.5, 0.6) is 0 Å². The van der Waals surface area contributed by atoms with Gasteiger partial charge in [-0.05, 0) is 32.0 Å². The number of hydrogen-bond donors (Lipinski definition) is 1. The zero-order valence-electron chi connectivity index (χ0n) is 10.7. The number of aromatic nitrogens is 2. The van der Waals surface area contributed by atoms with Gasteiger partial charge in [-0.25, -0.2) is 0 Å². The van der Waals surface area contributed by atoms with Gasteiger partial charge < -0.3 is 5.32 Å². The third-order valence-corrected chi connectivity index (χ3v) is 3.30. The summed E-state index contributed by atoms with van der Waals surface area (Å²) in [4.78, 5) is 8.56. The van der Waals surface area contributed by atoms with Crippen LogP contribution >= 0.6 is 15.9 Å². The second-order valence-corrected chi connectivity index (χ2v) is 5.11. The van der Waals surface area contributed by atoms with Crippen molar-refractivity contribution in [1.82, 2.24) is 9.97 Å². The number of anilines is 1. The predicted molar refractivity (Wildman–Crippen MR) is 77.7 cm³/mol. The van der Waals surface area contributed by atoms with Gasteiger partial charge in [0.05, 0.1) is 28.7 Å². The van der Waals surface area contributed by atoms with Gasteiger partial charge >= 0.3 is 0 Å². The fourth-order valence-corrected chi connectivity index (χ4v) is 2.24. The Morgan fingerprint density at radius 3 is 2.74 bits per heavy atom. The SMILES string of the molecule is Cc1nccnc1C(C)Nc1cc(Br)ccc1C#N. The van der Waals surface area contributed by atoms with Crippen molar-refractivity contribution in [1.29, 1.82) is 5.26 Å². The van der Waals surface area contributed by atoms with Crippen molar-refractivity contribution >= 4 is 21.6 Å². The van der Waals surface area contributed by atoms with Crippen LogP contribution in [0.25, 0.3) is 0 Å². The Morgan fingerprint density at radius 2 is 2.05 bits per heavy atom. The van der Waals surface area contributed by atoms with Crippen LogP contribution < -0.4 is 5.32 Å². The number of nitriles is 1. The van der Waals surface area contributed by atoms with Crippen molar-refractivity contribution in [2.45, 2.75) is 19.9 Å². The maximum Gasteiger partial charge on any atom is 0.101 e. The second kappa shape index (κ2) is 5.81. The lowest BCUT2D eigenvalue weighted by Crippen LogP contribution is -2.11. The summed E-state index contributed by atoms with van der Waals surface area (Å²) in [5.41, 5.74) is 3.16. The Hall–Kier alpha value is -1.93. The van der Waals surface area contributed by atoms with E-state index in [1.54, 1.807) is 18.5 Å². The van der Waals surface area contributed by atoms with Crippen molar-refractivity contribution in [3.63, 3.8) is 0 Å². The maximum absolute atomic E-state index is 9.11. The molecule has 96 valence electrons. The molecular weight excluding hydrogens is 304 g/mol. The van der Waals surface area contributed by atoms with Crippen molar-refractivity contribution in [2.75, 3.05) is 5.32 Å². The summed E-state index contributed by atoms with van der Waals surface area (Å²) >= 11 is 3.41. The quantitative estimate of drug-likeness (QED) is 0.940. The molecule has 2 rings (SSSR count). The van der Waals surface area contributed by atoms with Crippen LogP contribution in [0.1, 0.15) is 29.9 Å². The van der Waals surface area contributed by atoms with Gasteiger partial charge in [-0.15, -0.1) is 0 Å². The molecule has 0 radical (unpaired) electrons. The fraction of sp³-hybridized carbons (Fsp3) is 0.214. The highest BCUT2D eigenvalue weighted by Crippen LogP contribution is 2.25. The van der Waals surface area contributed by atoms with Crippen molar-refractivity contribution in [3.8, 4) is 6.07 Å². The molecule has 1 atom stereocenters. The minimum absolute atomic E-state index is 0.0184. The summed E-state index contributed by atoms with van der Waals surface area (Å²) in [6.45, 7) is 3.92. The molecule has 1 aromatic carbocycles. The lowest BCUT2D eigenvalue weighted by Gasteiger charge is -2.17. The van der Waals surface area contributed by atoms with Gasteiger partial charge in [-0.1, -0.05) is 15.9 Å². The van der Waals surface area contributed by atoms with Crippen LogP contribution in [0, 0.1) is 18.3 Å². The molecule has 0 aliphatic heterocycles. The molecule has 1 N–H and O–H groups in total. The number of halogens is 1. The van der Waals surface area contributed by atoms with E-state index in [-0.39, 0.29) is 6.04 Å². The average Bonchev–Trinajstić information content (AvgIpc) is 2.39. The van der Waals surface area contributed by atoms with E-state index in [0.29, 0.717) is 5.56 Å². The van der Waals surface area contributed by atoms with E-state index in [4.69, 9.17) is 5.26 Å². The van der Waals surface area contributed by atoms with E-state index < -0.39 is 0 Å². The first-order valence-corrected chi connectivity index (χ1v) is 6.65. The third kappa shape index (κ3) is 3.09. The summed E-state index contributed by atoms with van der Waals surface area (Å²) in [5, 5.41) is 12.4. The Balaban J connectivity index is 2.29. The monoisotopic (exact) mass is 316 g/mol. The lowest BCUT2D eigenvalue weighted by molar-refractivity contribution is 0.809. The van der Waals surface area contributed by atoms with Crippen LogP contribution in [0.15, 0.2) is 35.1 Å². The highest BCUT2D eigenvalue weighted by atomic mass is 79.9. The van der Waals surface area contributed by atoms with Crippen LogP contribution in [0.2, 0.25) is 0 Å². The van der Waals surface area contributed by atoms with Gasteiger partial charge in [0.2, 0.25) is 0 Å². The zero-order chi connectivity index (χ0) is 13.8. The largest absolute Gasteiger partial charge is 0.376 e. The summed E-state index contributed by atoms with van der Waals surface area (Å²) in [7, 11) is 0. The molecule has 0 saturated carbocycles. The number of nitrogens with one attached hydrogen (secondary N) is 1. The minimum Gasteiger partial charge on any atom is -0.376 e. The molecule has 1 aromatic heterocycles. The van der Waals surface area contributed by atoms with E-state index in [1.165, 1.54) is 0 Å². The summed E-state index contributed by atoms with van der Waals surface area (Å²) in [6.07, 6.45) is 3.35. The van der Waals surface area contributed by atoms with E-state index in [9.17, 15) is 0 Å². The number of rotatable bonds is 3. The van der Waals surface area contributed by atoms with Gasteiger partial charge in [-0.3, -0.25) is 9.97 Å². The Labute approximate surface area is 120 Å². The van der Waals surface area contributed by atoms with Gasteiger partial charge in [0, 0.05) is 16.9 Å². The van der Waals surface area contributed by atoms with E-state index in [1.807, 2.05) is 26.0 Å². The first-order valence-electron chi connectivity index (χ1n) is 5.85. The van der Waals surface area contributed by atoms with Gasteiger partial charge in [0.15, 0.2) is 0 Å². The Kier molecular flexibility index (Phi) is 4.13. The van der Waals surface area contributed by atoms with Gasteiger partial charge in [0.1, 0.15) is 6.07 Å². The summed E-state index contributed by atoms with van der Waals surface area (Å²) in [6, 6.07) is 7.68. The predicted octanol–water partition coefficient (Wildman–Crippen LogP) is 3.59. The molecule has 0 spiro atoms. The first-order chi connectivity index (χ1) is 9.11. The highest BCUT2D eigenvalue weighted by Gasteiger charge is 2.12. The zero-order valence-corrected chi connectivity index (χ0v) is 12.3. The molecule has 19 heavy (non-hydrogen) atoms. The van der Waals surface area contributed by atoms with Crippen LogP contribution in [0.4, 0.5) is 5.69 Å². The van der Waals surface area contributed by atoms with Gasteiger partial charge in [-0.2, -0.15) is 5.26 Å². The fourth-order valence-electron chi connectivity index (χ4n) is 1.88.